The van der Waals surface area contributed by atoms with Gasteiger partial charge in [-0.05, 0) is 19.1 Å². The van der Waals surface area contributed by atoms with Gasteiger partial charge in [0.2, 0.25) is 0 Å². The summed E-state index contributed by atoms with van der Waals surface area (Å²) in [5.41, 5.74) is 1.62. The van der Waals surface area contributed by atoms with E-state index in [2.05, 4.69) is 15.5 Å². The minimum atomic E-state index is -0.360. The van der Waals surface area contributed by atoms with Gasteiger partial charge in [0.25, 0.3) is 5.91 Å². The van der Waals surface area contributed by atoms with E-state index in [1.165, 1.54) is 13.3 Å². The topological polar surface area (TPSA) is 90.8 Å². The summed E-state index contributed by atoms with van der Waals surface area (Å²) in [6.45, 7) is 1.88. The van der Waals surface area contributed by atoms with Crippen molar-refractivity contribution < 1.29 is 9.53 Å². The largest absolute Gasteiger partial charge is 0.496 e. The smallest absolute Gasteiger partial charge is 0.260 e. The van der Waals surface area contributed by atoms with E-state index in [0.29, 0.717) is 11.3 Å². The molecule has 0 fully saturated rings. The molecular weight excluding hydrogens is 244 g/mol. The number of nitrogens with zero attached hydrogens (tertiary/aromatic N) is 2. The summed E-state index contributed by atoms with van der Waals surface area (Å²) in [4.78, 5) is 12.2. The first-order valence-corrected chi connectivity index (χ1v) is 5.55. The highest BCUT2D eigenvalue weighted by Gasteiger charge is 2.15. The Balaban J connectivity index is 2.30. The van der Waals surface area contributed by atoms with Gasteiger partial charge in [0.05, 0.1) is 18.9 Å². The van der Waals surface area contributed by atoms with Gasteiger partial charge in [0, 0.05) is 0 Å². The molecule has 1 aromatic heterocycles. The first-order chi connectivity index (χ1) is 9.15. The maximum absolute atomic E-state index is 12.2. The number of carbonyl (C=O) groups excluding carboxylic acids is 1. The minimum Gasteiger partial charge on any atom is -0.496 e. The van der Waals surface area contributed by atoms with Gasteiger partial charge < -0.3 is 10.1 Å². The van der Waals surface area contributed by atoms with Crippen molar-refractivity contribution in [3.05, 3.63) is 41.1 Å². The second kappa shape index (κ2) is 5.23. The molecule has 2 aromatic rings. The van der Waals surface area contributed by atoms with E-state index in [4.69, 9.17) is 10.00 Å². The summed E-state index contributed by atoms with van der Waals surface area (Å²) in [5, 5.41) is 17.7. The fraction of sp³-hybridized carbons (Fsp3) is 0.154. The zero-order valence-corrected chi connectivity index (χ0v) is 10.5. The lowest BCUT2D eigenvalue weighted by Crippen LogP contribution is -2.14. The highest BCUT2D eigenvalue weighted by molar-refractivity contribution is 6.06. The minimum absolute atomic E-state index is 0.274. The van der Waals surface area contributed by atoms with Crippen LogP contribution >= 0.6 is 0 Å². The number of H-pyrrole nitrogens is 1. The molecule has 1 amide bonds. The predicted molar refractivity (Wildman–Crippen MR) is 69.0 cm³/mol. The summed E-state index contributed by atoms with van der Waals surface area (Å²) in [6, 6.07) is 7.23. The first-order valence-electron chi connectivity index (χ1n) is 5.55. The molecule has 1 heterocycles. The van der Waals surface area contributed by atoms with E-state index in [0.717, 1.165) is 5.56 Å². The van der Waals surface area contributed by atoms with E-state index in [-0.39, 0.29) is 17.3 Å². The third-order valence-corrected chi connectivity index (χ3v) is 2.60. The van der Waals surface area contributed by atoms with Crippen LogP contribution < -0.4 is 10.1 Å². The Kier molecular flexibility index (Phi) is 3.48. The van der Waals surface area contributed by atoms with Gasteiger partial charge in [-0.25, -0.2) is 0 Å². The van der Waals surface area contributed by atoms with Crippen LogP contribution in [0.1, 0.15) is 21.5 Å². The van der Waals surface area contributed by atoms with Crippen molar-refractivity contribution in [1.82, 2.24) is 10.2 Å². The maximum atomic E-state index is 12.2. The fourth-order valence-corrected chi connectivity index (χ4v) is 1.65. The highest BCUT2D eigenvalue weighted by atomic mass is 16.5. The average Bonchev–Trinajstić information content (AvgIpc) is 2.85. The number of amides is 1. The number of hydrogen-bond acceptors (Lipinski definition) is 4. The molecule has 19 heavy (non-hydrogen) atoms. The first kappa shape index (κ1) is 12.6. The van der Waals surface area contributed by atoms with Crippen molar-refractivity contribution >= 4 is 11.7 Å². The second-order valence-electron chi connectivity index (χ2n) is 3.93. The van der Waals surface area contributed by atoms with Crippen molar-refractivity contribution in [2.45, 2.75) is 6.92 Å². The van der Waals surface area contributed by atoms with Crippen LogP contribution in [-0.2, 0) is 0 Å². The van der Waals surface area contributed by atoms with E-state index >= 15 is 0 Å². The molecule has 0 atom stereocenters. The van der Waals surface area contributed by atoms with Crippen LogP contribution in [0.15, 0.2) is 24.4 Å². The summed E-state index contributed by atoms with van der Waals surface area (Å²) >= 11 is 0. The van der Waals surface area contributed by atoms with E-state index in [1.807, 2.05) is 19.1 Å². The number of anilines is 1. The molecule has 0 spiro atoms. The van der Waals surface area contributed by atoms with E-state index in [9.17, 15) is 4.79 Å². The molecule has 6 nitrogen and oxygen atoms in total. The number of nitrogens with one attached hydrogen (secondary N) is 2. The van der Waals surface area contributed by atoms with Crippen molar-refractivity contribution in [2.24, 2.45) is 0 Å². The van der Waals surface area contributed by atoms with Crippen molar-refractivity contribution in [3.8, 4) is 11.8 Å². The Labute approximate surface area is 110 Å². The Morgan fingerprint density at radius 3 is 3.00 bits per heavy atom. The van der Waals surface area contributed by atoms with Gasteiger partial charge in [-0.15, -0.1) is 0 Å². The molecule has 1 aromatic carbocycles. The lowest BCUT2D eigenvalue weighted by atomic mass is 10.1. The number of aryl methyl sites for hydroxylation is 1. The molecule has 0 saturated heterocycles. The number of aromatic nitrogens is 2. The van der Waals surface area contributed by atoms with Crippen molar-refractivity contribution in [1.29, 1.82) is 5.26 Å². The summed E-state index contributed by atoms with van der Waals surface area (Å²) < 4.78 is 5.15. The maximum Gasteiger partial charge on any atom is 0.260 e. The summed E-state index contributed by atoms with van der Waals surface area (Å²) in [5.74, 6) is 0.387. The molecule has 0 aliphatic heterocycles. The molecule has 0 saturated carbocycles. The van der Waals surface area contributed by atoms with Gasteiger partial charge >= 0.3 is 0 Å². The van der Waals surface area contributed by atoms with Crippen molar-refractivity contribution in [3.63, 3.8) is 0 Å². The predicted octanol–water partition coefficient (Wildman–Crippen LogP) is 1.85. The SMILES string of the molecule is COc1ccc(C)cc1C(=O)Nc1[nH]ncc1C#N. The number of nitriles is 1. The molecule has 0 unspecified atom stereocenters. The van der Waals surface area contributed by atoms with Gasteiger partial charge in [-0.1, -0.05) is 11.6 Å². The Morgan fingerprint density at radius 2 is 2.32 bits per heavy atom. The van der Waals surface area contributed by atoms with Gasteiger partial charge in [-0.2, -0.15) is 10.4 Å². The zero-order valence-electron chi connectivity index (χ0n) is 10.5. The zero-order chi connectivity index (χ0) is 13.8. The van der Waals surface area contributed by atoms with Crippen LogP contribution in [0.25, 0.3) is 0 Å². The fourth-order valence-electron chi connectivity index (χ4n) is 1.65. The molecule has 0 bridgehead atoms. The van der Waals surface area contributed by atoms with E-state index < -0.39 is 0 Å². The molecule has 96 valence electrons. The molecule has 6 heteroatoms. The molecule has 0 radical (unpaired) electrons. The number of ether oxygens (including phenoxy) is 1. The number of hydrogen-bond donors (Lipinski definition) is 2. The standard InChI is InChI=1S/C13H12N4O2/c1-8-3-4-11(19-2)10(5-8)13(18)16-12-9(6-14)7-15-17-12/h3-5,7H,1-2H3,(H2,15,16,17,18). The molecular formula is C13H12N4O2. The van der Waals surface area contributed by atoms with Crippen LogP contribution in [0, 0.1) is 18.3 Å². The Bertz CT molecular complexity index is 655. The lowest BCUT2D eigenvalue weighted by Gasteiger charge is -2.09. The van der Waals surface area contributed by atoms with Crippen LogP contribution in [0.3, 0.4) is 0 Å². The third kappa shape index (κ3) is 2.55. The Hall–Kier alpha value is -2.81. The highest BCUT2D eigenvalue weighted by Crippen LogP contribution is 2.21. The van der Waals surface area contributed by atoms with Crippen LogP contribution in [0.4, 0.5) is 5.82 Å². The second-order valence-corrected chi connectivity index (χ2v) is 3.93. The number of carbonyl (C=O) groups is 1. The van der Waals surface area contributed by atoms with Gasteiger partial charge in [0.15, 0.2) is 0 Å². The van der Waals surface area contributed by atoms with Crippen molar-refractivity contribution in [2.75, 3.05) is 12.4 Å². The lowest BCUT2D eigenvalue weighted by molar-refractivity contribution is 0.102. The molecule has 0 aliphatic carbocycles. The van der Waals surface area contributed by atoms with E-state index in [1.54, 1.807) is 12.1 Å². The third-order valence-electron chi connectivity index (χ3n) is 2.60. The number of methoxy groups -OCH3 is 1. The van der Waals surface area contributed by atoms with Gasteiger partial charge in [0.1, 0.15) is 23.2 Å². The summed E-state index contributed by atoms with van der Waals surface area (Å²) in [7, 11) is 1.50. The van der Waals surface area contributed by atoms with Crippen LogP contribution in [0.2, 0.25) is 0 Å². The molecule has 2 rings (SSSR count). The molecule has 0 aliphatic rings. The number of rotatable bonds is 3. The number of aromatic amines is 1. The summed E-state index contributed by atoms with van der Waals surface area (Å²) in [6.07, 6.45) is 1.35. The average molecular weight is 256 g/mol. The number of benzene rings is 1. The quantitative estimate of drug-likeness (QED) is 0.876. The molecule has 2 N–H and O–H groups in total. The van der Waals surface area contributed by atoms with Crippen LogP contribution in [-0.4, -0.2) is 23.2 Å². The Morgan fingerprint density at radius 1 is 1.53 bits per heavy atom. The van der Waals surface area contributed by atoms with Gasteiger partial charge in [-0.3, -0.25) is 9.89 Å². The normalized spacial score (nSPS) is 9.74. The van der Waals surface area contributed by atoms with Crippen LogP contribution in [0.5, 0.6) is 5.75 Å². The monoisotopic (exact) mass is 256 g/mol.